The zero-order chi connectivity index (χ0) is 37.9. The van der Waals surface area contributed by atoms with Crippen LogP contribution in [0.25, 0.3) is 28.2 Å². The number of anilines is 1. The van der Waals surface area contributed by atoms with Crippen LogP contribution in [0, 0.1) is 5.92 Å². The second-order valence-corrected chi connectivity index (χ2v) is 13.5. The van der Waals surface area contributed by atoms with Crippen molar-refractivity contribution in [3.63, 3.8) is 0 Å². The van der Waals surface area contributed by atoms with Gasteiger partial charge in [0.15, 0.2) is 5.15 Å². The molecule has 0 unspecified atom stereocenters. The fourth-order valence-corrected chi connectivity index (χ4v) is 6.53. The van der Waals surface area contributed by atoms with Crippen molar-refractivity contribution in [3.8, 4) is 28.2 Å². The van der Waals surface area contributed by atoms with E-state index in [9.17, 15) is 22.8 Å². The van der Waals surface area contributed by atoms with E-state index in [0.717, 1.165) is 37.2 Å². The number of pyridine rings is 1. The highest BCUT2D eigenvalue weighted by molar-refractivity contribution is 6.31. The number of benzene rings is 1. The van der Waals surface area contributed by atoms with Gasteiger partial charge in [0, 0.05) is 40.5 Å². The average Bonchev–Trinajstić information content (AvgIpc) is 3.76. The van der Waals surface area contributed by atoms with E-state index in [-0.39, 0.29) is 28.6 Å². The molecule has 19 heteroatoms. The lowest BCUT2D eigenvalue weighted by Crippen LogP contribution is -2.29. The minimum absolute atomic E-state index is 0.0494. The van der Waals surface area contributed by atoms with Crippen molar-refractivity contribution < 1.29 is 27.9 Å². The predicted molar refractivity (Wildman–Crippen MR) is 189 cm³/mol. The van der Waals surface area contributed by atoms with Gasteiger partial charge >= 0.3 is 12.1 Å². The average molecular weight is 774 g/mol. The monoisotopic (exact) mass is 772 g/mol. The number of alkyl halides is 3. The lowest BCUT2D eigenvalue weighted by Gasteiger charge is -2.22. The SMILES string of the molecule is C[C@@H]1CCC[C@H](n2cnc(-c3cc(Cl)ccc3-n3cc(Cl)nn3)cc2=O)c2cc(ccn2)-c2nn(C3CCNCC3)cc2NC1=O.O=C(O)C(F)(F)F. The Bertz CT molecular complexity index is 2180. The van der Waals surface area contributed by atoms with Gasteiger partial charge in [0.05, 0.1) is 47.4 Å². The number of aliphatic carboxylic acids is 1. The third-order valence-corrected chi connectivity index (χ3v) is 9.40. The molecule has 2 aliphatic rings. The van der Waals surface area contributed by atoms with E-state index in [0.29, 0.717) is 52.6 Å². The topological polar surface area (TPSA) is 175 Å². The minimum atomic E-state index is -5.08. The van der Waals surface area contributed by atoms with Gasteiger partial charge in [-0.2, -0.15) is 18.3 Å². The van der Waals surface area contributed by atoms with E-state index in [4.69, 9.17) is 48.2 Å². The van der Waals surface area contributed by atoms with Gasteiger partial charge in [-0.15, -0.1) is 5.10 Å². The minimum Gasteiger partial charge on any atom is -0.475 e. The van der Waals surface area contributed by atoms with Crippen LogP contribution in [0.4, 0.5) is 18.9 Å². The number of fused-ring (bicyclic) bond motifs is 4. The van der Waals surface area contributed by atoms with Gasteiger partial charge in [-0.25, -0.2) is 14.5 Å². The number of carboxylic acid groups (broad SMARTS) is 1. The molecule has 7 rings (SSSR count). The summed E-state index contributed by atoms with van der Waals surface area (Å²) in [7, 11) is 0. The summed E-state index contributed by atoms with van der Waals surface area (Å²) < 4.78 is 36.8. The number of halogens is 5. The highest BCUT2D eigenvalue weighted by Gasteiger charge is 2.38. The van der Waals surface area contributed by atoms with Crippen molar-refractivity contribution in [1.29, 1.82) is 0 Å². The second kappa shape index (κ2) is 15.9. The van der Waals surface area contributed by atoms with Crippen molar-refractivity contribution in [2.75, 3.05) is 18.4 Å². The molecule has 2 aliphatic heterocycles. The summed E-state index contributed by atoms with van der Waals surface area (Å²) in [6.07, 6.45) is 5.58. The molecule has 278 valence electrons. The molecular weight excluding hydrogens is 740 g/mol. The Labute approximate surface area is 310 Å². The van der Waals surface area contributed by atoms with Crippen molar-refractivity contribution in [2.24, 2.45) is 5.92 Å². The molecule has 0 radical (unpaired) electrons. The molecule has 1 saturated heterocycles. The number of nitrogens with zero attached hydrogens (tertiary/aromatic N) is 8. The maximum absolute atomic E-state index is 13.8. The molecule has 0 spiro atoms. The van der Waals surface area contributed by atoms with Crippen molar-refractivity contribution in [2.45, 2.75) is 57.3 Å². The van der Waals surface area contributed by atoms with Gasteiger partial charge in [-0.3, -0.25) is 23.8 Å². The van der Waals surface area contributed by atoms with Crippen molar-refractivity contribution in [3.05, 3.63) is 87.5 Å². The summed E-state index contributed by atoms with van der Waals surface area (Å²) in [6.45, 7) is 3.78. The molecule has 0 saturated carbocycles. The molecule has 6 heterocycles. The van der Waals surface area contributed by atoms with E-state index >= 15 is 0 Å². The Morgan fingerprint density at radius 1 is 1.00 bits per heavy atom. The molecule has 0 aliphatic carbocycles. The van der Waals surface area contributed by atoms with Crippen molar-refractivity contribution in [1.82, 2.24) is 44.6 Å². The first-order valence-electron chi connectivity index (χ1n) is 16.6. The molecule has 4 aromatic heterocycles. The molecule has 3 N–H and O–H groups in total. The van der Waals surface area contributed by atoms with Crippen LogP contribution in [0.1, 0.15) is 56.8 Å². The summed E-state index contributed by atoms with van der Waals surface area (Å²) in [6, 6.07) is 10.4. The van der Waals surface area contributed by atoms with E-state index in [1.54, 1.807) is 41.5 Å². The number of piperidine rings is 1. The van der Waals surface area contributed by atoms with E-state index < -0.39 is 18.2 Å². The molecule has 53 heavy (non-hydrogen) atoms. The van der Waals surface area contributed by atoms with Gasteiger partial charge in [-0.05, 0) is 69.1 Å². The number of carboxylic acids is 1. The molecule has 1 amide bonds. The standard InChI is InChI=1S/C32H32Cl2N10O2.C2HF3O2/c1-19-3-2-4-28(42-18-37-24(15-30(42)45)23-14-21(33)5-6-27(23)44-17-29(34)39-41-44)25-13-20(7-12-36-25)31-26(38-32(19)46)16-43(40-31)22-8-10-35-11-9-22;3-2(4,5)1(6)7/h5-7,12-19,22,28,35H,2-4,8-11H2,1H3,(H,38,46);(H,6,7)/t19-,28+;/m1./s1. The van der Waals surface area contributed by atoms with Crippen LogP contribution in [0.2, 0.25) is 10.2 Å². The molecule has 14 nitrogen and oxygen atoms in total. The molecule has 2 atom stereocenters. The summed E-state index contributed by atoms with van der Waals surface area (Å²) in [5.74, 6) is -3.04. The number of carbonyl (C=O) groups is 2. The molecular formula is C34H33Cl2F3N10O4. The van der Waals surface area contributed by atoms with Crippen LogP contribution in [-0.4, -0.2) is 75.6 Å². The molecule has 2 bridgehead atoms. The van der Waals surface area contributed by atoms with Gasteiger partial charge in [-0.1, -0.05) is 41.8 Å². The first kappa shape index (κ1) is 37.6. The van der Waals surface area contributed by atoms with Gasteiger partial charge in [0.25, 0.3) is 5.56 Å². The van der Waals surface area contributed by atoms with Gasteiger partial charge < -0.3 is 15.7 Å². The number of hydrogen-bond donors (Lipinski definition) is 3. The lowest BCUT2D eigenvalue weighted by atomic mass is 9.97. The zero-order valence-corrected chi connectivity index (χ0v) is 29.6. The first-order chi connectivity index (χ1) is 25.3. The largest absolute Gasteiger partial charge is 0.490 e. The van der Waals surface area contributed by atoms with E-state index in [1.807, 2.05) is 29.9 Å². The smallest absolute Gasteiger partial charge is 0.475 e. The number of carbonyl (C=O) groups excluding carboxylic acids is 1. The van der Waals surface area contributed by atoms with Crippen LogP contribution in [-0.2, 0) is 9.59 Å². The normalized spacial score (nSPS) is 18.1. The summed E-state index contributed by atoms with van der Waals surface area (Å²) in [5, 5.41) is 27.3. The van der Waals surface area contributed by atoms with Crippen LogP contribution in [0.15, 0.2) is 66.1 Å². The third kappa shape index (κ3) is 8.75. The maximum Gasteiger partial charge on any atom is 0.490 e. The number of amides is 1. The summed E-state index contributed by atoms with van der Waals surface area (Å²) >= 11 is 12.4. The molecule has 1 aromatic carbocycles. The van der Waals surface area contributed by atoms with Crippen LogP contribution < -0.4 is 16.2 Å². The number of nitrogens with one attached hydrogen (secondary N) is 2. The Morgan fingerprint density at radius 2 is 1.75 bits per heavy atom. The Balaban J connectivity index is 0.000000626. The maximum atomic E-state index is 13.8. The van der Waals surface area contributed by atoms with E-state index in [2.05, 4.69) is 20.9 Å². The number of hydrogen-bond acceptors (Lipinski definition) is 9. The Kier molecular flexibility index (Phi) is 11.3. The second-order valence-electron chi connectivity index (χ2n) is 12.6. The molecule has 1 fully saturated rings. The van der Waals surface area contributed by atoms with Gasteiger partial charge in [0.2, 0.25) is 5.91 Å². The van der Waals surface area contributed by atoms with E-state index in [1.165, 1.54) is 10.7 Å². The third-order valence-electron chi connectivity index (χ3n) is 8.99. The highest BCUT2D eigenvalue weighted by atomic mass is 35.5. The summed E-state index contributed by atoms with van der Waals surface area (Å²) in [5.41, 5.74) is 4.31. The Morgan fingerprint density at radius 3 is 2.43 bits per heavy atom. The van der Waals surface area contributed by atoms with Gasteiger partial charge in [0.1, 0.15) is 5.69 Å². The Hall–Kier alpha value is -5.13. The summed E-state index contributed by atoms with van der Waals surface area (Å²) in [4.78, 5) is 45.4. The number of rotatable bonds is 4. The van der Waals surface area contributed by atoms with Crippen LogP contribution >= 0.6 is 23.2 Å². The first-order valence-corrected chi connectivity index (χ1v) is 17.4. The predicted octanol–water partition coefficient (Wildman–Crippen LogP) is 5.96. The fourth-order valence-electron chi connectivity index (χ4n) is 6.23. The van der Waals surface area contributed by atoms with Crippen molar-refractivity contribution >= 4 is 40.8 Å². The number of aromatic nitrogens is 8. The van der Waals surface area contributed by atoms with Crippen LogP contribution in [0.5, 0.6) is 0 Å². The fraction of sp³-hybridized carbons (Fsp3) is 0.353. The quantitative estimate of drug-likeness (QED) is 0.198. The molecule has 5 aromatic rings. The van der Waals surface area contributed by atoms with Crippen LogP contribution in [0.3, 0.4) is 0 Å². The zero-order valence-electron chi connectivity index (χ0n) is 28.1. The lowest BCUT2D eigenvalue weighted by molar-refractivity contribution is -0.192. The highest BCUT2D eigenvalue weighted by Crippen LogP contribution is 2.34.